The predicted octanol–water partition coefficient (Wildman–Crippen LogP) is 0.474. The highest BCUT2D eigenvalue weighted by Crippen LogP contribution is 2.17. The molecule has 0 spiro atoms. The number of hydrogen-bond acceptors (Lipinski definition) is 4. The Hall–Kier alpha value is -0.910. The molecule has 0 unspecified atom stereocenters. The lowest BCUT2D eigenvalue weighted by molar-refractivity contribution is -0.125. The van der Waals surface area contributed by atoms with E-state index >= 15 is 0 Å². The lowest BCUT2D eigenvalue weighted by Gasteiger charge is -2.25. The van der Waals surface area contributed by atoms with Gasteiger partial charge in [0.15, 0.2) is 0 Å². The van der Waals surface area contributed by atoms with Gasteiger partial charge in [-0.25, -0.2) is 0 Å². The maximum atomic E-state index is 12.2. The lowest BCUT2D eigenvalue weighted by Crippen LogP contribution is -2.44. The van der Waals surface area contributed by atoms with E-state index in [4.69, 9.17) is 4.74 Å². The van der Waals surface area contributed by atoms with Crippen LogP contribution in [0.2, 0.25) is 0 Å². The summed E-state index contributed by atoms with van der Waals surface area (Å²) in [6.45, 7) is 6.80. The summed E-state index contributed by atoms with van der Waals surface area (Å²) >= 11 is 0. The van der Waals surface area contributed by atoms with E-state index in [2.05, 4.69) is 28.1 Å². The van der Waals surface area contributed by atoms with Crippen molar-refractivity contribution in [2.75, 3.05) is 46.9 Å². The molecule has 2 aliphatic rings. The summed E-state index contributed by atoms with van der Waals surface area (Å²) in [5.74, 6) is 0.135. The summed E-state index contributed by atoms with van der Waals surface area (Å²) in [7, 11) is 3.70. The van der Waals surface area contributed by atoms with Gasteiger partial charge in [-0.3, -0.25) is 14.6 Å². The molecule has 2 atom stereocenters. The molecule has 5 heteroatoms. The standard InChI is InChI=1S/C15H27N3O2/c1-12-4-7-18(8-5-12)9-6-16-15(19)14-10-13(20-3)11-17(14)2/h4,13-14H,5-11H2,1-3H3,(H,16,19)/t13-,14-/m0/s1. The van der Waals surface area contributed by atoms with Crippen LogP contribution in [-0.4, -0.2) is 74.7 Å². The van der Waals surface area contributed by atoms with E-state index in [9.17, 15) is 4.79 Å². The van der Waals surface area contributed by atoms with E-state index in [0.29, 0.717) is 0 Å². The van der Waals surface area contributed by atoms with E-state index < -0.39 is 0 Å². The van der Waals surface area contributed by atoms with Gasteiger partial charge < -0.3 is 10.1 Å². The smallest absolute Gasteiger partial charge is 0.237 e. The second-order valence-corrected chi connectivity index (χ2v) is 5.94. The first kappa shape index (κ1) is 15.5. The average molecular weight is 281 g/mol. The van der Waals surface area contributed by atoms with E-state index in [-0.39, 0.29) is 18.1 Å². The number of nitrogens with one attached hydrogen (secondary N) is 1. The van der Waals surface area contributed by atoms with Crippen molar-refractivity contribution in [3.8, 4) is 0 Å². The van der Waals surface area contributed by atoms with Crippen molar-refractivity contribution in [3.05, 3.63) is 11.6 Å². The lowest BCUT2D eigenvalue weighted by atomic mass is 10.1. The molecule has 114 valence electrons. The van der Waals surface area contributed by atoms with Crippen LogP contribution >= 0.6 is 0 Å². The first-order valence-corrected chi connectivity index (χ1v) is 7.49. The van der Waals surface area contributed by atoms with Gasteiger partial charge >= 0.3 is 0 Å². The van der Waals surface area contributed by atoms with Gasteiger partial charge in [0.25, 0.3) is 0 Å². The number of hydrogen-bond donors (Lipinski definition) is 1. The van der Waals surface area contributed by atoms with Crippen LogP contribution in [0.25, 0.3) is 0 Å². The van der Waals surface area contributed by atoms with Crippen molar-refractivity contribution in [3.63, 3.8) is 0 Å². The quantitative estimate of drug-likeness (QED) is 0.744. The molecule has 1 fully saturated rings. The Kier molecular flexibility index (Phi) is 5.57. The summed E-state index contributed by atoms with van der Waals surface area (Å²) in [4.78, 5) is 16.6. The molecular formula is C15H27N3O2. The molecule has 0 saturated carbocycles. The molecule has 0 aromatic carbocycles. The zero-order chi connectivity index (χ0) is 14.5. The third-order valence-electron chi connectivity index (χ3n) is 4.39. The third kappa shape index (κ3) is 4.04. The second kappa shape index (κ2) is 7.20. The minimum atomic E-state index is -0.0385. The van der Waals surface area contributed by atoms with E-state index in [1.54, 1.807) is 7.11 Å². The molecule has 0 radical (unpaired) electrons. The van der Waals surface area contributed by atoms with Crippen LogP contribution in [0.3, 0.4) is 0 Å². The number of amides is 1. The molecule has 0 bridgehead atoms. The summed E-state index contributed by atoms with van der Waals surface area (Å²) in [5, 5.41) is 3.06. The molecule has 0 aromatic heterocycles. The van der Waals surface area contributed by atoms with Crippen LogP contribution in [0.5, 0.6) is 0 Å². The molecule has 2 aliphatic heterocycles. The topological polar surface area (TPSA) is 44.8 Å². The highest BCUT2D eigenvalue weighted by atomic mass is 16.5. The fourth-order valence-electron chi connectivity index (χ4n) is 2.90. The van der Waals surface area contributed by atoms with Gasteiger partial charge in [-0.1, -0.05) is 11.6 Å². The minimum Gasteiger partial charge on any atom is -0.380 e. The van der Waals surface area contributed by atoms with Crippen LogP contribution in [0.1, 0.15) is 19.8 Å². The average Bonchev–Trinajstić information content (AvgIpc) is 2.82. The highest BCUT2D eigenvalue weighted by Gasteiger charge is 2.34. The number of ether oxygens (including phenoxy) is 1. The Labute approximate surface area is 121 Å². The number of carbonyl (C=O) groups is 1. The molecule has 2 heterocycles. The van der Waals surface area contributed by atoms with Crippen LogP contribution in [0.15, 0.2) is 11.6 Å². The van der Waals surface area contributed by atoms with Gasteiger partial charge in [-0.15, -0.1) is 0 Å². The Bertz CT molecular complexity index is 370. The van der Waals surface area contributed by atoms with Gasteiger partial charge in [-0.05, 0) is 26.8 Å². The summed E-state index contributed by atoms with van der Waals surface area (Å²) in [5.41, 5.74) is 1.48. The molecule has 1 saturated heterocycles. The first-order chi connectivity index (χ1) is 9.60. The molecule has 0 aliphatic carbocycles. The maximum Gasteiger partial charge on any atom is 0.237 e. The summed E-state index contributed by atoms with van der Waals surface area (Å²) in [6.07, 6.45) is 4.41. The monoisotopic (exact) mass is 281 g/mol. The van der Waals surface area contributed by atoms with E-state index in [1.807, 2.05) is 7.05 Å². The van der Waals surface area contributed by atoms with Crippen LogP contribution in [-0.2, 0) is 9.53 Å². The molecular weight excluding hydrogens is 254 g/mol. The number of carbonyl (C=O) groups excluding carboxylic acids is 1. The van der Waals surface area contributed by atoms with Crippen molar-refractivity contribution < 1.29 is 9.53 Å². The summed E-state index contributed by atoms with van der Waals surface area (Å²) in [6, 6.07) is -0.0385. The Morgan fingerprint density at radius 3 is 2.95 bits per heavy atom. The van der Waals surface area contributed by atoms with Gasteiger partial charge in [0.1, 0.15) is 0 Å². The molecule has 20 heavy (non-hydrogen) atoms. The normalized spacial score (nSPS) is 28.4. The minimum absolute atomic E-state index is 0.0385. The van der Waals surface area contributed by atoms with E-state index in [0.717, 1.165) is 45.6 Å². The first-order valence-electron chi connectivity index (χ1n) is 7.49. The van der Waals surface area contributed by atoms with Crippen molar-refractivity contribution in [2.45, 2.75) is 31.9 Å². The van der Waals surface area contributed by atoms with Crippen molar-refractivity contribution in [1.82, 2.24) is 15.1 Å². The molecule has 1 N–H and O–H groups in total. The zero-order valence-corrected chi connectivity index (χ0v) is 12.9. The molecule has 0 aromatic rings. The number of likely N-dealkylation sites (tertiary alicyclic amines) is 1. The van der Waals surface area contributed by atoms with E-state index in [1.165, 1.54) is 5.57 Å². The Balaban J connectivity index is 1.68. The third-order valence-corrected chi connectivity index (χ3v) is 4.39. The Morgan fingerprint density at radius 1 is 1.55 bits per heavy atom. The fourth-order valence-corrected chi connectivity index (χ4v) is 2.90. The predicted molar refractivity (Wildman–Crippen MR) is 79.7 cm³/mol. The van der Waals surface area contributed by atoms with Crippen molar-refractivity contribution in [1.29, 1.82) is 0 Å². The summed E-state index contributed by atoms with van der Waals surface area (Å²) < 4.78 is 5.34. The zero-order valence-electron chi connectivity index (χ0n) is 12.9. The van der Waals surface area contributed by atoms with Gasteiger partial charge in [0, 0.05) is 39.8 Å². The van der Waals surface area contributed by atoms with Gasteiger partial charge in [-0.2, -0.15) is 0 Å². The number of rotatable bonds is 5. The van der Waals surface area contributed by atoms with Gasteiger partial charge in [0.05, 0.1) is 12.1 Å². The Morgan fingerprint density at radius 2 is 2.35 bits per heavy atom. The fraction of sp³-hybridized carbons (Fsp3) is 0.800. The van der Waals surface area contributed by atoms with Crippen LogP contribution < -0.4 is 5.32 Å². The van der Waals surface area contributed by atoms with Crippen LogP contribution in [0.4, 0.5) is 0 Å². The molecule has 5 nitrogen and oxygen atoms in total. The maximum absolute atomic E-state index is 12.2. The molecule has 1 amide bonds. The number of nitrogens with zero attached hydrogens (tertiary/aromatic N) is 2. The number of methoxy groups -OCH3 is 1. The van der Waals surface area contributed by atoms with Gasteiger partial charge in [0.2, 0.25) is 5.91 Å². The van der Waals surface area contributed by atoms with Crippen molar-refractivity contribution >= 4 is 5.91 Å². The second-order valence-electron chi connectivity index (χ2n) is 5.94. The molecule has 2 rings (SSSR count). The largest absolute Gasteiger partial charge is 0.380 e. The number of likely N-dealkylation sites (N-methyl/N-ethyl adjacent to an activating group) is 1. The highest BCUT2D eigenvalue weighted by molar-refractivity contribution is 5.82. The van der Waals surface area contributed by atoms with Crippen molar-refractivity contribution in [2.24, 2.45) is 0 Å². The SMILES string of the molecule is CO[C@H]1C[C@@H](C(=O)NCCN2CC=C(C)CC2)N(C)C1. The van der Waals surface area contributed by atoms with Crippen LogP contribution in [0, 0.1) is 0 Å².